The van der Waals surface area contributed by atoms with Gasteiger partial charge in [0.2, 0.25) is 0 Å². The molecule has 9 nitrogen and oxygen atoms in total. The van der Waals surface area contributed by atoms with Crippen LogP contribution >= 0.6 is 11.6 Å². The summed E-state index contributed by atoms with van der Waals surface area (Å²) in [5.74, 6) is -1.20. The lowest BCUT2D eigenvalue weighted by Gasteiger charge is -2.28. The second kappa shape index (κ2) is 11.4. The van der Waals surface area contributed by atoms with Gasteiger partial charge in [0.1, 0.15) is 11.6 Å². The van der Waals surface area contributed by atoms with Gasteiger partial charge in [-0.3, -0.25) is 9.59 Å². The number of nitrogens with one attached hydrogen (secondary N) is 2. The number of nitrogens with two attached hydrogens (primary N) is 1. The van der Waals surface area contributed by atoms with Crippen LogP contribution in [0.4, 0.5) is 15.8 Å². The SMILES string of the molecule is COc1cc(C(=O)N2CC[C@@]3(CC[C@H](NS(N)(=O)=O)C3)Cc3ccccc32)ccc1NC(=O)c1cc(F)ccc1Cl. The molecule has 0 aromatic heterocycles. The summed E-state index contributed by atoms with van der Waals surface area (Å²) in [7, 11) is -2.38. The topological polar surface area (TPSA) is 131 Å². The van der Waals surface area contributed by atoms with Crippen LogP contribution in [0.2, 0.25) is 5.02 Å². The third-order valence-electron chi connectivity index (χ3n) is 7.86. The van der Waals surface area contributed by atoms with Crippen molar-refractivity contribution in [1.29, 1.82) is 0 Å². The molecule has 1 aliphatic carbocycles. The summed E-state index contributed by atoms with van der Waals surface area (Å²) in [4.78, 5) is 28.4. The van der Waals surface area contributed by atoms with Crippen molar-refractivity contribution in [2.45, 2.75) is 38.1 Å². The third kappa shape index (κ3) is 6.38. The van der Waals surface area contributed by atoms with E-state index in [1.54, 1.807) is 23.1 Å². The molecule has 1 heterocycles. The Morgan fingerprint density at radius 2 is 1.90 bits per heavy atom. The lowest BCUT2D eigenvalue weighted by Crippen LogP contribution is -2.39. The van der Waals surface area contributed by atoms with Crippen LogP contribution in [0, 0.1) is 11.2 Å². The van der Waals surface area contributed by atoms with E-state index in [-0.39, 0.29) is 33.7 Å². The van der Waals surface area contributed by atoms with Crippen LogP contribution in [0.15, 0.2) is 60.7 Å². The van der Waals surface area contributed by atoms with Crippen LogP contribution in [0.25, 0.3) is 0 Å². The van der Waals surface area contributed by atoms with Gasteiger partial charge in [-0.15, -0.1) is 0 Å². The number of nitrogens with zero attached hydrogens (tertiary/aromatic N) is 1. The minimum atomic E-state index is -3.81. The van der Waals surface area contributed by atoms with E-state index >= 15 is 0 Å². The van der Waals surface area contributed by atoms with Crippen molar-refractivity contribution in [3.63, 3.8) is 0 Å². The molecule has 5 rings (SSSR count). The van der Waals surface area contributed by atoms with E-state index in [4.69, 9.17) is 21.5 Å². The Bertz CT molecular complexity index is 1620. The predicted octanol–water partition coefficient (Wildman–Crippen LogP) is 4.67. The van der Waals surface area contributed by atoms with Crippen LogP contribution in [0.1, 0.15) is 52.0 Å². The molecular weight excluding hydrogens is 571 g/mol. The Balaban J connectivity index is 1.39. The van der Waals surface area contributed by atoms with E-state index in [1.807, 2.05) is 24.3 Å². The van der Waals surface area contributed by atoms with Gasteiger partial charge in [-0.2, -0.15) is 13.1 Å². The van der Waals surface area contributed by atoms with Crippen LogP contribution < -0.4 is 24.8 Å². The van der Waals surface area contributed by atoms with Crippen LogP contribution in [0.5, 0.6) is 5.75 Å². The zero-order valence-electron chi connectivity index (χ0n) is 22.3. The van der Waals surface area contributed by atoms with E-state index in [2.05, 4.69) is 10.0 Å². The summed E-state index contributed by atoms with van der Waals surface area (Å²) in [6, 6.07) is 15.7. The second-order valence-electron chi connectivity index (χ2n) is 10.6. The Labute approximate surface area is 243 Å². The molecule has 216 valence electrons. The highest BCUT2D eigenvalue weighted by atomic mass is 35.5. The highest BCUT2D eigenvalue weighted by Gasteiger charge is 2.43. The molecule has 1 fully saturated rings. The lowest BCUT2D eigenvalue weighted by molar-refractivity contribution is 0.0983. The number of methoxy groups -OCH3 is 1. The van der Waals surface area contributed by atoms with Gasteiger partial charge in [-0.1, -0.05) is 29.8 Å². The number of anilines is 2. The van der Waals surface area contributed by atoms with Gasteiger partial charge in [-0.05, 0) is 85.5 Å². The number of hydrogen-bond donors (Lipinski definition) is 3. The number of carbonyl (C=O) groups is 2. The van der Waals surface area contributed by atoms with Crippen molar-refractivity contribution in [1.82, 2.24) is 4.72 Å². The fraction of sp³-hybridized carbons (Fsp3) is 0.310. The van der Waals surface area contributed by atoms with E-state index in [0.29, 0.717) is 43.5 Å². The van der Waals surface area contributed by atoms with Crippen molar-refractivity contribution >= 4 is 45.0 Å². The summed E-state index contributed by atoms with van der Waals surface area (Å²) in [6.45, 7) is 0.441. The first-order valence-electron chi connectivity index (χ1n) is 13.1. The molecule has 0 radical (unpaired) electrons. The van der Waals surface area contributed by atoms with Gasteiger partial charge >= 0.3 is 0 Å². The van der Waals surface area contributed by atoms with E-state index in [1.165, 1.54) is 13.2 Å². The molecule has 12 heteroatoms. The fourth-order valence-electron chi connectivity index (χ4n) is 5.97. The minimum Gasteiger partial charge on any atom is -0.495 e. The molecule has 1 aliphatic heterocycles. The van der Waals surface area contributed by atoms with Crippen molar-refractivity contribution in [2.75, 3.05) is 23.9 Å². The first-order chi connectivity index (χ1) is 19.5. The zero-order chi connectivity index (χ0) is 29.4. The molecule has 0 unspecified atom stereocenters. The van der Waals surface area contributed by atoms with E-state index in [9.17, 15) is 22.4 Å². The highest BCUT2D eigenvalue weighted by molar-refractivity contribution is 7.87. The Kier molecular flexibility index (Phi) is 8.06. The first-order valence-corrected chi connectivity index (χ1v) is 15.0. The van der Waals surface area contributed by atoms with Crippen molar-refractivity contribution < 1.29 is 27.1 Å². The van der Waals surface area contributed by atoms with Gasteiger partial charge in [0.25, 0.3) is 22.0 Å². The van der Waals surface area contributed by atoms with Crippen molar-refractivity contribution in [3.05, 3.63) is 88.2 Å². The predicted molar refractivity (Wildman–Crippen MR) is 155 cm³/mol. The van der Waals surface area contributed by atoms with Crippen LogP contribution in [-0.4, -0.2) is 39.9 Å². The number of ether oxygens (including phenoxy) is 1. The maximum Gasteiger partial charge on any atom is 0.274 e. The molecule has 4 N–H and O–H groups in total. The summed E-state index contributed by atoms with van der Waals surface area (Å²) in [5.41, 5.74) is 2.26. The standard InChI is InChI=1S/C29H30ClFN4O5S/c1-40-26-14-18(6-9-24(26)33-27(36)22-15-20(31)7-8-23(22)30)28(37)35-13-12-29(16-19-4-2-3-5-25(19)35)11-10-21(17-29)34-41(32,38)39/h2-9,14-15,21,34H,10-13,16-17H2,1H3,(H,33,36)(H2,32,38,39)/t21-,29-/m0/s1. The maximum atomic E-state index is 13.9. The normalized spacial score (nSPS) is 20.4. The molecule has 2 aliphatic rings. The van der Waals surface area contributed by atoms with Gasteiger partial charge in [0.05, 0.1) is 23.4 Å². The van der Waals surface area contributed by atoms with Crippen LogP contribution in [-0.2, 0) is 16.6 Å². The second-order valence-corrected chi connectivity index (χ2v) is 12.3. The fourth-order valence-corrected chi connectivity index (χ4v) is 6.84. The van der Waals surface area contributed by atoms with E-state index < -0.39 is 21.9 Å². The molecular formula is C29H30ClFN4O5S. The Morgan fingerprint density at radius 3 is 2.66 bits per heavy atom. The average Bonchev–Trinajstić information content (AvgIpc) is 3.22. The Hall–Kier alpha value is -3.51. The quantitative estimate of drug-likeness (QED) is 0.379. The molecule has 0 bridgehead atoms. The number of halogens is 2. The molecule has 41 heavy (non-hydrogen) atoms. The number of rotatable bonds is 6. The van der Waals surface area contributed by atoms with Gasteiger partial charge < -0.3 is 15.0 Å². The monoisotopic (exact) mass is 600 g/mol. The average molecular weight is 601 g/mol. The largest absolute Gasteiger partial charge is 0.495 e. The summed E-state index contributed by atoms with van der Waals surface area (Å²) < 4.78 is 44.9. The molecule has 1 spiro atoms. The number of amides is 2. The molecule has 1 saturated carbocycles. The molecule has 2 amide bonds. The first kappa shape index (κ1) is 29.0. The van der Waals surface area contributed by atoms with Gasteiger partial charge in [-0.25, -0.2) is 9.53 Å². The third-order valence-corrected chi connectivity index (χ3v) is 8.85. The zero-order valence-corrected chi connectivity index (χ0v) is 23.9. The number of hydrogen-bond acceptors (Lipinski definition) is 5. The van der Waals surface area contributed by atoms with Crippen molar-refractivity contribution in [3.8, 4) is 5.75 Å². The number of benzene rings is 3. The highest BCUT2D eigenvalue weighted by Crippen LogP contribution is 2.47. The van der Waals surface area contributed by atoms with Gasteiger partial charge in [0, 0.05) is 23.8 Å². The van der Waals surface area contributed by atoms with Gasteiger partial charge in [0.15, 0.2) is 0 Å². The molecule has 2 atom stereocenters. The summed E-state index contributed by atoms with van der Waals surface area (Å²) in [6.07, 6.45) is 3.53. The van der Waals surface area contributed by atoms with Crippen molar-refractivity contribution in [2.24, 2.45) is 10.6 Å². The smallest absolute Gasteiger partial charge is 0.274 e. The maximum absolute atomic E-state index is 13.9. The number of para-hydroxylation sites is 1. The molecule has 0 saturated heterocycles. The minimum absolute atomic E-state index is 0.0302. The molecule has 3 aromatic rings. The number of fused-ring (bicyclic) bond motifs is 1. The molecule has 3 aromatic carbocycles. The number of carbonyl (C=O) groups excluding carboxylic acids is 2. The summed E-state index contributed by atoms with van der Waals surface area (Å²) >= 11 is 6.07. The van der Waals surface area contributed by atoms with Crippen LogP contribution in [0.3, 0.4) is 0 Å². The summed E-state index contributed by atoms with van der Waals surface area (Å²) in [5, 5.41) is 7.99. The van der Waals surface area contributed by atoms with E-state index in [0.717, 1.165) is 29.8 Å². The lowest BCUT2D eigenvalue weighted by atomic mass is 9.77. The Morgan fingerprint density at radius 1 is 1.12 bits per heavy atom.